The van der Waals surface area contributed by atoms with Crippen molar-refractivity contribution in [1.29, 1.82) is 0 Å². The van der Waals surface area contributed by atoms with Gasteiger partial charge < -0.3 is 10.5 Å². The number of ether oxygens (including phenoxy) is 1. The molecule has 0 atom stereocenters. The molecule has 102 valence electrons. The van der Waals surface area contributed by atoms with Crippen LogP contribution in [0.15, 0.2) is 24.3 Å². The lowest BCUT2D eigenvalue weighted by molar-refractivity contribution is 0.340. The highest BCUT2D eigenvalue weighted by atomic mass is 16.5. The van der Waals surface area contributed by atoms with Crippen molar-refractivity contribution in [3.8, 4) is 5.75 Å². The van der Waals surface area contributed by atoms with Gasteiger partial charge in [-0.15, -0.1) is 0 Å². The summed E-state index contributed by atoms with van der Waals surface area (Å²) in [6.07, 6.45) is 8.95. The molecule has 1 aromatic rings. The molecule has 0 aliphatic carbocycles. The van der Waals surface area contributed by atoms with Gasteiger partial charge in [0.2, 0.25) is 0 Å². The fourth-order valence-corrected chi connectivity index (χ4v) is 2.10. The molecule has 1 rings (SSSR count). The number of rotatable bonds is 10. The fraction of sp³-hybridized carbons (Fsp3) is 0.625. The van der Waals surface area contributed by atoms with E-state index in [4.69, 9.17) is 10.5 Å². The molecule has 0 aromatic heterocycles. The molecule has 2 heteroatoms. The lowest BCUT2D eigenvalue weighted by Gasteiger charge is -2.05. The number of hydrogen-bond donors (Lipinski definition) is 1. The van der Waals surface area contributed by atoms with Gasteiger partial charge in [0.1, 0.15) is 5.75 Å². The van der Waals surface area contributed by atoms with Crippen molar-refractivity contribution in [2.75, 3.05) is 13.2 Å². The molecule has 2 nitrogen and oxygen atoms in total. The van der Waals surface area contributed by atoms with Crippen LogP contribution in [0.25, 0.3) is 0 Å². The van der Waals surface area contributed by atoms with E-state index in [1.807, 2.05) is 6.92 Å². The molecule has 2 N–H and O–H groups in total. The Morgan fingerprint density at radius 2 is 1.50 bits per heavy atom. The highest BCUT2D eigenvalue weighted by Gasteiger charge is 1.96. The van der Waals surface area contributed by atoms with Gasteiger partial charge in [-0.25, -0.2) is 0 Å². The van der Waals surface area contributed by atoms with Crippen LogP contribution in [0.1, 0.15) is 51.0 Å². The van der Waals surface area contributed by atoms with Crippen molar-refractivity contribution in [2.45, 2.75) is 51.9 Å². The summed E-state index contributed by atoms with van der Waals surface area (Å²) in [5.74, 6) is 0.975. The normalized spacial score (nSPS) is 10.6. The largest absolute Gasteiger partial charge is 0.494 e. The molecular weight excluding hydrogens is 222 g/mol. The Morgan fingerprint density at radius 1 is 0.889 bits per heavy atom. The van der Waals surface area contributed by atoms with Gasteiger partial charge in [0.05, 0.1) is 6.61 Å². The SMILES string of the molecule is CCOc1ccc(CCCCCCCCN)cc1. The molecule has 0 spiro atoms. The van der Waals surface area contributed by atoms with E-state index in [2.05, 4.69) is 24.3 Å². The van der Waals surface area contributed by atoms with Crippen molar-refractivity contribution in [2.24, 2.45) is 5.73 Å². The molecule has 0 unspecified atom stereocenters. The summed E-state index contributed by atoms with van der Waals surface area (Å²) in [7, 11) is 0. The zero-order valence-corrected chi connectivity index (χ0v) is 11.7. The first-order valence-corrected chi connectivity index (χ1v) is 7.28. The van der Waals surface area contributed by atoms with Gasteiger partial charge in [-0.3, -0.25) is 0 Å². The summed E-state index contributed by atoms with van der Waals surface area (Å²) in [6.45, 7) is 3.59. The maximum Gasteiger partial charge on any atom is 0.119 e. The Kier molecular flexibility index (Phi) is 8.32. The van der Waals surface area contributed by atoms with Gasteiger partial charge >= 0.3 is 0 Å². The summed E-state index contributed by atoms with van der Waals surface area (Å²) < 4.78 is 5.43. The van der Waals surface area contributed by atoms with Gasteiger partial charge in [-0.05, 0) is 50.4 Å². The van der Waals surface area contributed by atoms with Crippen LogP contribution in [0.2, 0.25) is 0 Å². The van der Waals surface area contributed by atoms with Crippen LogP contribution < -0.4 is 10.5 Å². The summed E-state index contributed by atoms with van der Waals surface area (Å²) in [5.41, 5.74) is 6.89. The van der Waals surface area contributed by atoms with Crippen LogP contribution in [0.3, 0.4) is 0 Å². The summed E-state index contributed by atoms with van der Waals surface area (Å²) in [4.78, 5) is 0. The van der Waals surface area contributed by atoms with Crippen molar-refractivity contribution >= 4 is 0 Å². The average molecular weight is 249 g/mol. The average Bonchev–Trinajstić information content (AvgIpc) is 2.40. The quantitative estimate of drug-likeness (QED) is 0.638. The zero-order valence-electron chi connectivity index (χ0n) is 11.7. The number of nitrogens with two attached hydrogens (primary N) is 1. The molecular formula is C16H27NO. The smallest absolute Gasteiger partial charge is 0.119 e. The molecule has 0 radical (unpaired) electrons. The van der Waals surface area contributed by atoms with Crippen LogP contribution >= 0.6 is 0 Å². The van der Waals surface area contributed by atoms with Crippen LogP contribution in [0, 0.1) is 0 Å². The Balaban J connectivity index is 2.08. The zero-order chi connectivity index (χ0) is 13.1. The Labute approximate surface area is 112 Å². The molecule has 0 amide bonds. The molecule has 18 heavy (non-hydrogen) atoms. The second kappa shape index (κ2) is 9.95. The molecule has 0 heterocycles. The number of aryl methyl sites for hydroxylation is 1. The van der Waals surface area contributed by atoms with Crippen molar-refractivity contribution in [3.63, 3.8) is 0 Å². The van der Waals surface area contributed by atoms with Crippen molar-refractivity contribution < 1.29 is 4.74 Å². The number of unbranched alkanes of at least 4 members (excludes halogenated alkanes) is 5. The van der Waals surface area contributed by atoms with E-state index < -0.39 is 0 Å². The minimum absolute atomic E-state index is 0.738. The highest BCUT2D eigenvalue weighted by Crippen LogP contribution is 2.14. The van der Waals surface area contributed by atoms with Gasteiger partial charge in [0, 0.05) is 0 Å². The minimum Gasteiger partial charge on any atom is -0.494 e. The second-order valence-electron chi connectivity index (χ2n) is 4.74. The van der Waals surface area contributed by atoms with E-state index in [1.54, 1.807) is 0 Å². The summed E-state index contributed by atoms with van der Waals surface area (Å²) in [5, 5.41) is 0. The van der Waals surface area contributed by atoms with E-state index in [-0.39, 0.29) is 0 Å². The lowest BCUT2D eigenvalue weighted by Crippen LogP contribution is -1.97. The third-order valence-electron chi connectivity index (χ3n) is 3.15. The van der Waals surface area contributed by atoms with E-state index >= 15 is 0 Å². The first kappa shape index (κ1) is 15.0. The van der Waals surface area contributed by atoms with Crippen LogP contribution in [-0.2, 0) is 6.42 Å². The number of benzene rings is 1. The van der Waals surface area contributed by atoms with Crippen LogP contribution in [0.5, 0.6) is 5.75 Å². The Bertz CT molecular complexity index is 294. The third kappa shape index (κ3) is 6.65. The first-order chi connectivity index (χ1) is 8.86. The van der Waals surface area contributed by atoms with Gasteiger partial charge in [-0.2, -0.15) is 0 Å². The van der Waals surface area contributed by atoms with E-state index in [0.717, 1.165) is 18.9 Å². The summed E-state index contributed by atoms with van der Waals surface area (Å²) >= 11 is 0. The van der Waals surface area contributed by atoms with Gasteiger partial charge in [-0.1, -0.05) is 37.8 Å². The van der Waals surface area contributed by atoms with Crippen molar-refractivity contribution in [3.05, 3.63) is 29.8 Å². The van der Waals surface area contributed by atoms with Gasteiger partial charge in [0.15, 0.2) is 0 Å². The Morgan fingerprint density at radius 3 is 2.11 bits per heavy atom. The predicted octanol–water partition coefficient (Wildman–Crippen LogP) is 3.93. The first-order valence-electron chi connectivity index (χ1n) is 7.28. The molecule has 0 saturated carbocycles. The molecule has 0 aliphatic rings. The van der Waals surface area contributed by atoms with E-state index in [0.29, 0.717) is 0 Å². The van der Waals surface area contributed by atoms with Crippen molar-refractivity contribution in [1.82, 2.24) is 0 Å². The molecule has 0 fully saturated rings. The second-order valence-corrected chi connectivity index (χ2v) is 4.74. The van der Waals surface area contributed by atoms with Gasteiger partial charge in [0.25, 0.3) is 0 Å². The van der Waals surface area contributed by atoms with E-state index in [1.165, 1.54) is 50.5 Å². The summed E-state index contributed by atoms with van der Waals surface area (Å²) in [6, 6.07) is 8.50. The Hall–Kier alpha value is -1.02. The molecule has 0 bridgehead atoms. The highest BCUT2D eigenvalue weighted by molar-refractivity contribution is 5.27. The van der Waals surface area contributed by atoms with Crippen LogP contribution in [-0.4, -0.2) is 13.2 Å². The monoisotopic (exact) mass is 249 g/mol. The maximum absolute atomic E-state index is 5.47. The topological polar surface area (TPSA) is 35.2 Å². The molecule has 0 saturated heterocycles. The fourth-order valence-electron chi connectivity index (χ4n) is 2.10. The number of hydrogen-bond acceptors (Lipinski definition) is 2. The standard InChI is InChI=1S/C16H27NO/c1-2-18-16-12-10-15(11-13-16)9-7-5-3-4-6-8-14-17/h10-13H,2-9,14,17H2,1H3. The minimum atomic E-state index is 0.738. The lowest BCUT2D eigenvalue weighted by atomic mass is 10.0. The van der Waals surface area contributed by atoms with E-state index in [9.17, 15) is 0 Å². The molecule has 1 aromatic carbocycles. The maximum atomic E-state index is 5.47. The predicted molar refractivity (Wildman–Crippen MR) is 78.1 cm³/mol. The van der Waals surface area contributed by atoms with Crippen LogP contribution in [0.4, 0.5) is 0 Å². The molecule has 0 aliphatic heterocycles. The third-order valence-corrected chi connectivity index (χ3v) is 3.15.